The molecule has 0 aromatic heterocycles. The number of likely N-dealkylation sites (N-methyl/N-ethyl adjacent to an activating group) is 1. The minimum atomic E-state index is 0.118. The van der Waals surface area contributed by atoms with Gasteiger partial charge in [-0.15, -0.1) is 0 Å². The summed E-state index contributed by atoms with van der Waals surface area (Å²) in [4.78, 5) is 0. The predicted molar refractivity (Wildman–Crippen MR) is 68.2 cm³/mol. The molecular weight excluding hydrogens is 214 g/mol. The Kier molecular flexibility index (Phi) is 3.69. The molecule has 0 fully saturated rings. The summed E-state index contributed by atoms with van der Waals surface area (Å²) in [6, 6.07) is 6.38. The van der Waals surface area contributed by atoms with E-state index >= 15 is 0 Å². The molecule has 0 spiro atoms. The summed E-state index contributed by atoms with van der Waals surface area (Å²) in [5, 5.41) is 3.28. The van der Waals surface area contributed by atoms with E-state index in [9.17, 15) is 0 Å². The zero-order chi connectivity index (χ0) is 12.3. The molecule has 0 aliphatic carbocycles. The van der Waals surface area contributed by atoms with Crippen LogP contribution in [0.1, 0.15) is 23.6 Å². The highest BCUT2D eigenvalue weighted by molar-refractivity contribution is 5.39. The van der Waals surface area contributed by atoms with Crippen molar-refractivity contribution < 1.29 is 9.47 Å². The van der Waals surface area contributed by atoms with Crippen molar-refractivity contribution in [3.63, 3.8) is 0 Å². The molecule has 1 heterocycles. The van der Waals surface area contributed by atoms with Crippen LogP contribution in [0.5, 0.6) is 5.75 Å². The second kappa shape index (κ2) is 5.23. The zero-order valence-electron chi connectivity index (χ0n) is 10.6. The van der Waals surface area contributed by atoms with Crippen molar-refractivity contribution in [3.8, 4) is 5.75 Å². The average molecular weight is 233 g/mol. The molecule has 1 aromatic carbocycles. The maximum Gasteiger partial charge on any atom is 0.122 e. The van der Waals surface area contributed by atoms with Gasteiger partial charge in [-0.2, -0.15) is 0 Å². The number of benzene rings is 1. The maximum atomic E-state index is 5.62. The van der Waals surface area contributed by atoms with E-state index in [0.717, 1.165) is 30.1 Å². The lowest BCUT2D eigenvalue weighted by molar-refractivity contribution is 0.218. The molecule has 1 aromatic rings. The Balaban J connectivity index is 2.30. The number of methoxy groups -OCH3 is 1. The number of rotatable bonds is 4. The van der Waals surface area contributed by atoms with E-state index in [-0.39, 0.29) is 6.04 Å². The van der Waals surface area contributed by atoms with Gasteiger partial charge in [0.25, 0.3) is 0 Å². The van der Waals surface area contributed by atoms with Crippen LogP contribution in [-0.2, 0) is 4.74 Å². The van der Waals surface area contributed by atoms with Gasteiger partial charge in [0.05, 0.1) is 19.8 Å². The number of ether oxygens (including phenoxy) is 2. The standard InChI is InChI=1S/C14H19NO2/c1-10-6-7-11(9-13(10)16-3)14(15-2)12-5-4-8-17-12/h5-7,9,14-15H,4,8H2,1-3H3. The molecular formula is C14H19NO2. The molecule has 1 unspecified atom stereocenters. The first-order valence-electron chi connectivity index (χ1n) is 5.91. The first-order chi connectivity index (χ1) is 8.26. The molecule has 92 valence electrons. The summed E-state index contributed by atoms with van der Waals surface area (Å²) >= 11 is 0. The van der Waals surface area contributed by atoms with Crippen LogP contribution < -0.4 is 10.1 Å². The first kappa shape index (κ1) is 12.0. The molecule has 1 aliphatic rings. The van der Waals surface area contributed by atoms with Gasteiger partial charge >= 0.3 is 0 Å². The van der Waals surface area contributed by atoms with E-state index in [4.69, 9.17) is 9.47 Å². The van der Waals surface area contributed by atoms with E-state index in [2.05, 4.69) is 29.6 Å². The van der Waals surface area contributed by atoms with E-state index in [1.807, 2.05) is 14.0 Å². The molecule has 3 nitrogen and oxygen atoms in total. The topological polar surface area (TPSA) is 30.5 Å². The van der Waals surface area contributed by atoms with Gasteiger partial charge in [-0.1, -0.05) is 12.1 Å². The van der Waals surface area contributed by atoms with Crippen LogP contribution in [0, 0.1) is 6.92 Å². The highest BCUT2D eigenvalue weighted by atomic mass is 16.5. The highest BCUT2D eigenvalue weighted by Crippen LogP contribution is 2.29. The minimum Gasteiger partial charge on any atom is -0.496 e. The van der Waals surface area contributed by atoms with E-state index in [1.54, 1.807) is 7.11 Å². The highest BCUT2D eigenvalue weighted by Gasteiger charge is 2.19. The Bertz CT molecular complexity index is 426. The molecule has 1 aliphatic heterocycles. The summed E-state index contributed by atoms with van der Waals surface area (Å²) in [7, 11) is 3.64. The van der Waals surface area contributed by atoms with Gasteiger partial charge in [0.1, 0.15) is 11.5 Å². The fraction of sp³-hybridized carbons (Fsp3) is 0.429. The molecule has 3 heteroatoms. The number of hydrogen-bond donors (Lipinski definition) is 1. The number of nitrogens with one attached hydrogen (secondary N) is 1. The number of hydrogen-bond acceptors (Lipinski definition) is 3. The third-order valence-corrected chi connectivity index (χ3v) is 3.07. The third-order valence-electron chi connectivity index (χ3n) is 3.07. The lowest BCUT2D eigenvalue weighted by Crippen LogP contribution is -2.19. The van der Waals surface area contributed by atoms with Crippen molar-refractivity contribution in [1.82, 2.24) is 5.32 Å². The van der Waals surface area contributed by atoms with Crippen molar-refractivity contribution in [2.24, 2.45) is 0 Å². The molecule has 0 radical (unpaired) electrons. The summed E-state index contributed by atoms with van der Waals surface area (Å²) in [5.41, 5.74) is 2.32. The molecule has 0 bridgehead atoms. The Labute approximate surface area is 102 Å². The Hall–Kier alpha value is -1.48. The van der Waals surface area contributed by atoms with E-state index < -0.39 is 0 Å². The summed E-state index contributed by atoms with van der Waals surface area (Å²) in [6.45, 7) is 2.83. The smallest absolute Gasteiger partial charge is 0.122 e. The second-order valence-corrected chi connectivity index (χ2v) is 4.19. The normalized spacial score (nSPS) is 16.3. The molecule has 0 amide bonds. The van der Waals surface area contributed by atoms with Crippen LogP contribution in [0.15, 0.2) is 30.0 Å². The van der Waals surface area contributed by atoms with E-state index in [0.29, 0.717) is 0 Å². The average Bonchev–Trinajstić information content (AvgIpc) is 2.86. The lowest BCUT2D eigenvalue weighted by atomic mass is 10.0. The number of aryl methyl sites for hydroxylation is 1. The van der Waals surface area contributed by atoms with Crippen molar-refractivity contribution in [2.75, 3.05) is 20.8 Å². The summed E-state index contributed by atoms with van der Waals surface area (Å²) in [5.74, 6) is 1.93. The van der Waals surface area contributed by atoms with Crippen LogP contribution in [0.25, 0.3) is 0 Å². The molecule has 0 saturated carbocycles. The maximum absolute atomic E-state index is 5.62. The summed E-state index contributed by atoms with van der Waals surface area (Å²) < 4.78 is 11.0. The van der Waals surface area contributed by atoms with Crippen molar-refractivity contribution in [3.05, 3.63) is 41.2 Å². The largest absolute Gasteiger partial charge is 0.496 e. The van der Waals surface area contributed by atoms with Gasteiger partial charge in [0.15, 0.2) is 0 Å². The minimum absolute atomic E-state index is 0.118. The fourth-order valence-corrected chi connectivity index (χ4v) is 2.13. The zero-order valence-corrected chi connectivity index (χ0v) is 10.6. The summed E-state index contributed by atoms with van der Waals surface area (Å²) in [6.07, 6.45) is 3.14. The van der Waals surface area contributed by atoms with Gasteiger partial charge in [0.2, 0.25) is 0 Å². The quantitative estimate of drug-likeness (QED) is 0.867. The van der Waals surface area contributed by atoms with Gasteiger partial charge in [0, 0.05) is 6.42 Å². The third kappa shape index (κ3) is 2.44. The predicted octanol–water partition coefficient (Wildman–Crippen LogP) is 2.57. The molecule has 17 heavy (non-hydrogen) atoms. The van der Waals surface area contributed by atoms with Crippen LogP contribution in [-0.4, -0.2) is 20.8 Å². The first-order valence-corrected chi connectivity index (χ1v) is 5.91. The molecule has 2 rings (SSSR count). The van der Waals surface area contributed by atoms with Crippen molar-refractivity contribution >= 4 is 0 Å². The van der Waals surface area contributed by atoms with Crippen LogP contribution in [0.3, 0.4) is 0 Å². The van der Waals surface area contributed by atoms with Gasteiger partial charge < -0.3 is 14.8 Å². The Morgan fingerprint density at radius 3 is 2.82 bits per heavy atom. The van der Waals surface area contributed by atoms with Gasteiger partial charge in [-0.25, -0.2) is 0 Å². The van der Waals surface area contributed by atoms with Crippen LogP contribution >= 0.6 is 0 Å². The SMILES string of the molecule is CNC(C1=CCCO1)c1ccc(C)c(OC)c1. The Morgan fingerprint density at radius 2 is 2.24 bits per heavy atom. The van der Waals surface area contributed by atoms with Crippen LogP contribution in [0.4, 0.5) is 0 Å². The second-order valence-electron chi connectivity index (χ2n) is 4.19. The Morgan fingerprint density at radius 1 is 1.41 bits per heavy atom. The van der Waals surface area contributed by atoms with Crippen molar-refractivity contribution in [2.45, 2.75) is 19.4 Å². The monoisotopic (exact) mass is 233 g/mol. The molecule has 1 N–H and O–H groups in total. The van der Waals surface area contributed by atoms with Crippen molar-refractivity contribution in [1.29, 1.82) is 0 Å². The lowest BCUT2D eigenvalue weighted by Gasteiger charge is -2.19. The van der Waals surface area contributed by atoms with Gasteiger partial charge in [-0.3, -0.25) is 0 Å². The van der Waals surface area contributed by atoms with Gasteiger partial charge in [-0.05, 0) is 37.2 Å². The van der Waals surface area contributed by atoms with Crippen LogP contribution in [0.2, 0.25) is 0 Å². The molecule has 1 atom stereocenters. The fourth-order valence-electron chi connectivity index (χ4n) is 2.13. The van der Waals surface area contributed by atoms with E-state index in [1.165, 1.54) is 5.56 Å². The molecule has 0 saturated heterocycles.